The summed E-state index contributed by atoms with van der Waals surface area (Å²) in [6.07, 6.45) is 2.37. The lowest BCUT2D eigenvalue weighted by Crippen LogP contribution is -2.23. The molecule has 0 bridgehead atoms. The Hall–Kier alpha value is -1.66. The van der Waals surface area contributed by atoms with E-state index in [1.165, 1.54) is 7.11 Å². The number of hydrogen-bond acceptors (Lipinski definition) is 5. The Morgan fingerprint density at radius 1 is 1.56 bits per heavy atom. The molecule has 0 aromatic carbocycles. The van der Waals surface area contributed by atoms with Crippen LogP contribution >= 0.6 is 0 Å². The van der Waals surface area contributed by atoms with Gasteiger partial charge in [-0.25, -0.2) is 4.98 Å². The summed E-state index contributed by atoms with van der Waals surface area (Å²) in [4.78, 5) is 15.4. The van der Waals surface area contributed by atoms with E-state index < -0.39 is 0 Å². The molecule has 0 radical (unpaired) electrons. The maximum Gasteiger partial charge on any atom is 0.250 e. The number of ether oxygens (including phenoxy) is 1. The molecule has 3 N–H and O–H groups in total. The number of aromatic nitrogens is 1. The Balaban J connectivity index is 2.54. The first kappa shape index (κ1) is 14.4. The molecule has 0 spiro atoms. The number of amides is 1. The molecule has 1 heterocycles. The van der Waals surface area contributed by atoms with Crippen LogP contribution in [0.3, 0.4) is 0 Å². The molecular weight excluding hydrogens is 234 g/mol. The summed E-state index contributed by atoms with van der Waals surface area (Å²) in [5, 5.41) is 14.8. The van der Waals surface area contributed by atoms with Crippen molar-refractivity contribution in [3.8, 4) is 0 Å². The van der Waals surface area contributed by atoms with Gasteiger partial charge >= 0.3 is 0 Å². The molecule has 18 heavy (non-hydrogen) atoms. The molecule has 6 nitrogen and oxygen atoms in total. The minimum absolute atomic E-state index is 0.00793. The van der Waals surface area contributed by atoms with E-state index in [4.69, 9.17) is 9.84 Å². The quantitative estimate of drug-likeness (QED) is 0.671. The molecule has 1 atom stereocenters. The van der Waals surface area contributed by atoms with E-state index in [2.05, 4.69) is 15.6 Å². The Labute approximate surface area is 106 Å². The zero-order valence-electron chi connectivity index (χ0n) is 10.6. The fourth-order valence-corrected chi connectivity index (χ4v) is 1.37. The molecule has 6 heteroatoms. The van der Waals surface area contributed by atoms with E-state index in [1.54, 1.807) is 18.3 Å². The van der Waals surface area contributed by atoms with Crippen molar-refractivity contribution in [2.24, 2.45) is 0 Å². The monoisotopic (exact) mass is 253 g/mol. The molecule has 1 aromatic heterocycles. The van der Waals surface area contributed by atoms with Gasteiger partial charge in [-0.05, 0) is 18.6 Å². The van der Waals surface area contributed by atoms with E-state index in [9.17, 15) is 4.79 Å². The number of anilines is 2. The zero-order valence-corrected chi connectivity index (χ0v) is 10.6. The molecule has 0 aliphatic carbocycles. The number of aliphatic hydroxyl groups is 1. The van der Waals surface area contributed by atoms with Gasteiger partial charge in [-0.15, -0.1) is 0 Å². The highest BCUT2D eigenvalue weighted by molar-refractivity contribution is 5.91. The predicted molar refractivity (Wildman–Crippen MR) is 69.5 cm³/mol. The second-order valence-corrected chi connectivity index (χ2v) is 3.85. The molecule has 1 rings (SSSR count). The van der Waals surface area contributed by atoms with E-state index in [0.717, 1.165) is 6.42 Å². The molecule has 0 saturated carbocycles. The van der Waals surface area contributed by atoms with Gasteiger partial charge in [-0.1, -0.05) is 6.92 Å². The van der Waals surface area contributed by atoms with Crippen LogP contribution in [-0.2, 0) is 9.53 Å². The third-order valence-electron chi connectivity index (χ3n) is 2.39. The first-order chi connectivity index (χ1) is 8.69. The fourth-order valence-electron chi connectivity index (χ4n) is 1.37. The van der Waals surface area contributed by atoms with Crippen LogP contribution in [0, 0.1) is 0 Å². The summed E-state index contributed by atoms with van der Waals surface area (Å²) < 4.78 is 4.71. The number of carbonyl (C=O) groups is 1. The van der Waals surface area contributed by atoms with Crippen molar-refractivity contribution in [1.82, 2.24) is 4.98 Å². The number of hydrogen-bond donors (Lipinski definition) is 3. The van der Waals surface area contributed by atoms with E-state index in [-0.39, 0.29) is 25.2 Å². The van der Waals surface area contributed by atoms with Crippen molar-refractivity contribution >= 4 is 17.4 Å². The topological polar surface area (TPSA) is 83.5 Å². The smallest absolute Gasteiger partial charge is 0.250 e. The average molecular weight is 253 g/mol. The first-order valence-electron chi connectivity index (χ1n) is 5.81. The van der Waals surface area contributed by atoms with E-state index >= 15 is 0 Å². The summed E-state index contributed by atoms with van der Waals surface area (Å²) in [5.74, 6) is 0.447. The highest BCUT2D eigenvalue weighted by Crippen LogP contribution is 2.11. The summed E-state index contributed by atoms with van der Waals surface area (Å²) in [6, 6.07) is 3.49. The van der Waals surface area contributed by atoms with Crippen LogP contribution in [0.25, 0.3) is 0 Å². The molecule has 0 fully saturated rings. The lowest BCUT2D eigenvalue weighted by molar-refractivity contribution is -0.119. The van der Waals surface area contributed by atoms with Crippen molar-refractivity contribution in [2.75, 3.05) is 31.0 Å². The van der Waals surface area contributed by atoms with Gasteiger partial charge in [0, 0.05) is 7.11 Å². The molecule has 0 aliphatic heterocycles. The van der Waals surface area contributed by atoms with Crippen LogP contribution in [-0.4, -0.2) is 42.4 Å². The largest absolute Gasteiger partial charge is 0.394 e. The van der Waals surface area contributed by atoms with E-state index in [1.807, 2.05) is 6.92 Å². The standard InChI is InChI=1S/C12H19N3O3/c1-3-9(7-16)14-11-5-4-10(6-13-11)15-12(17)8-18-2/h4-6,9,16H,3,7-8H2,1-2H3,(H,13,14)(H,15,17). The number of methoxy groups -OCH3 is 1. The number of rotatable bonds is 7. The fraction of sp³-hybridized carbons (Fsp3) is 0.500. The Bertz CT molecular complexity index is 363. The average Bonchev–Trinajstić information content (AvgIpc) is 2.38. The first-order valence-corrected chi connectivity index (χ1v) is 5.81. The van der Waals surface area contributed by atoms with Crippen molar-refractivity contribution in [3.05, 3.63) is 18.3 Å². The number of carbonyl (C=O) groups excluding carboxylic acids is 1. The molecule has 1 amide bonds. The third kappa shape index (κ3) is 4.68. The highest BCUT2D eigenvalue weighted by Gasteiger charge is 2.05. The molecule has 1 unspecified atom stereocenters. The van der Waals surface area contributed by atoms with Gasteiger partial charge in [-0.3, -0.25) is 4.79 Å². The minimum Gasteiger partial charge on any atom is -0.394 e. The minimum atomic E-state index is -0.221. The molecule has 0 saturated heterocycles. The van der Waals surface area contributed by atoms with Gasteiger partial charge < -0.3 is 20.5 Å². The lowest BCUT2D eigenvalue weighted by Gasteiger charge is -2.14. The van der Waals surface area contributed by atoms with Gasteiger partial charge in [0.05, 0.1) is 24.5 Å². The van der Waals surface area contributed by atoms with Gasteiger partial charge in [0.2, 0.25) is 5.91 Å². The van der Waals surface area contributed by atoms with Gasteiger partial charge in [-0.2, -0.15) is 0 Å². The van der Waals surface area contributed by atoms with Gasteiger partial charge in [0.1, 0.15) is 12.4 Å². The second-order valence-electron chi connectivity index (χ2n) is 3.85. The van der Waals surface area contributed by atoms with Crippen molar-refractivity contribution in [3.63, 3.8) is 0 Å². The molecule has 0 aliphatic rings. The summed E-state index contributed by atoms with van der Waals surface area (Å²) in [5.41, 5.74) is 0.611. The Morgan fingerprint density at radius 3 is 2.83 bits per heavy atom. The number of nitrogens with zero attached hydrogens (tertiary/aromatic N) is 1. The highest BCUT2D eigenvalue weighted by atomic mass is 16.5. The normalized spacial score (nSPS) is 11.9. The number of nitrogens with one attached hydrogen (secondary N) is 2. The van der Waals surface area contributed by atoms with Gasteiger partial charge in [0.15, 0.2) is 0 Å². The molecule has 100 valence electrons. The molecule has 1 aromatic rings. The van der Waals surface area contributed by atoms with Crippen LogP contribution in [0.5, 0.6) is 0 Å². The van der Waals surface area contributed by atoms with Crippen LogP contribution in [0.15, 0.2) is 18.3 Å². The predicted octanol–water partition coefficient (Wildman–Crippen LogP) is 0.849. The van der Waals surface area contributed by atoms with Crippen LogP contribution in [0.2, 0.25) is 0 Å². The number of pyridine rings is 1. The summed E-state index contributed by atoms with van der Waals surface area (Å²) in [7, 11) is 1.46. The number of aliphatic hydroxyl groups excluding tert-OH is 1. The lowest BCUT2D eigenvalue weighted by atomic mass is 10.2. The zero-order chi connectivity index (χ0) is 13.4. The van der Waals surface area contributed by atoms with Crippen molar-refractivity contribution in [2.45, 2.75) is 19.4 Å². The third-order valence-corrected chi connectivity index (χ3v) is 2.39. The van der Waals surface area contributed by atoms with Crippen LogP contribution < -0.4 is 10.6 Å². The van der Waals surface area contributed by atoms with Crippen molar-refractivity contribution in [1.29, 1.82) is 0 Å². The molecular formula is C12H19N3O3. The SMILES string of the molecule is CCC(CO)Nc1ccc(NC(=O)COC)cn1. The van der Waals surface area contributed by atoms with Crippen LogP contribution in [0.4, 0.5) is 11.5 Å². The maximum absolute atomic E-state index is 11.3. The maximum atomic E-state index is 11.3. The van der Waals surface area contributed by atoms with Gasteiger partial charge in [0.25, 0.3) is 0 Å². The van der Waals surface area contributed by atoms with E-state index in [0.29, 0.717) is 11.5 Å². The summed E-state index contributed by atoms with van der Waals surface area (Å²) >= 11 is 0. The Kier molecular flexibility index (Phi) is 6.10. The Morgan fingerprint density at radius 2 is 2.33 bits per heavy atom. The second kappa shape index (κ2) is 7.62. The summed E-state index contributed by atoms with van der Waals surface area (Å²) in [6.45, 7) is 2.06. The van der Waals surface area contributed by atoms with Crippen molar-refractivity contribution < 1.29 is 14.6 Å². The van der Waals surface area contributed by atoms with Crippen LogP contribution in [0.1, 0.15) is 13.3 Å².